The number of halogens is 1. The Labute approximate surface area is 158 Å². The Morgan fingerprint density at radius 3 is 2.65 bits per heavy atom. The molecule has 2 unspecified atom stereocenters. The standard InChI is InChI=1S/C20H24ClN3O2/c1-13(15-9-10-18(21)17-8-4-3-7-16(15)17)23-20(26)24-11-5-6-14(12-24)19(25)22-2/h3-4,7-10,13-14H,5-6,11-12H2,1-2H3,(H,22,25)(H,23,26). The Balaban J connectivity index is 1.74. The third-order valence-electron chi connectivity index (χ3n) is 5.04. The SMILES string of the molecule is CNC(=O)C1CCCN(C(=O)NC(C)c2ccc(Cl)c3ccccc23)C1. The second-order valence-corrected chi connectivity index (χ2v) is 7.16. The molecule has 0 saturated carbocycles. The van der Waals surface area contributed by atoms with Crippen LogP contribution in [0.4, 0.5) is 4.79 Å². The fourth-order valence-electron chi connectivity index (χ4n) is 3.60. The van der Waals surface area contributed by atoms with E-state index in [4.69, 9.17) is 11.6 Å². The van der Waals surface area contributed by atoms with Crippen LogP contribution < -0.4 is 10.6 Å². The molecule has 6 heteroatoms. The number of rotatable bonds is 3. The Bertz CT molecular complexity index is 824. The van der Waals surface area contributed by atoms with Gasteiger partial charge in [0.2, 0.25) is 5.91 Å². The topological polar surface area (TPSA) is 61.4 Å². The van der Waals surface area contributed by atoms with Crippen molar-refractivity contribution >= 4 is 34.3 Å². The monoisotopic (exact) mass is 373 g/mol. The summed E-state index contributed by atoms with van der Waals surface area (Å²) in [6, 6.07) is 11.4. The molecule has 0 radical (unpaired) electrons. The van der Waals surface area contributed by atoms with Crippen LogP contribution in [0.1, 0.15) is 31.4 Å². The zero-order valence-corrected chi connectivity index (χ0v) is 15.8. The van der Waals surface area contributed by atoms with Crippen LogP contribution in [0, 0.1) is 5.92 Å². The predicted octanol–water partition coefficient (Wildman–Crippen LogP) is 3.72. The summed E-state index contributed by atoms with van der Waals surface area (Å²) in [7, 11) is 1.63. The molecule has 0 aromatic heterocycles. The van der Waals surface area contributed by atoms with Crippen LogP contribution >= 0.6 is 11.6 Å². The van der Waals surface area contributed by atoms with Gasteiger partial charge in [-0.3, -0.25) is 4.79 Å². The van der Waals surface area contributed by atoms with Gasteiger partial charge in [-0.15, -0.1) is 0 Å². The lowest BCUT2D eigenvalue weighted by Crippen LogP contribution is -2.49. The van der Waals surface area contributed by atoms with Gasteiger partial charge in [-0.2, -0.15) is 0 Å². The molecule has 1 fully saturated rings. The molecule has 0 spiro atoms. The number of carbonyl (C=O) groups is 2. The molecule has 1 saturated heterocycles. The lowest BCUT2D eigenvalue weighted by Gasteiger charge is -2.33. The minimum Gasteiger partial charge on any atom is -0.359 e. The number of amides is 3. The first-order valence-electron chi connectivity index (χ1n) is 8.95. The quantitative estimate of drug-likeness (QED) is 0.861. The van der Waals surface area contributed by atoms with E-state index in [2.05, 4.69) is 10.6 Å². The maximum atomic E-state index is 12.7. The van der Waals surface area contributed by atoms with E-state index in [9.17, 15) is 9.59 Å². The van der Waals surface area contributed by atoms with Crippen molar-refractivity contribution in [3.05, 3.63) is 47.0 Å². The second kappa shape index (κ2) is 7.96. The van der Waals surface area contributed by atoms with Crippen LogP contribution in [-0.2, 0) is 4.79 Å². The third kappa shape index (κ3) is 3.78. The smallest absolute Gasteiger partial charge is 0.317 e. The lowest BCUT2D eigenvalue weighted by atomic mass is 9.97. The van der Waals surface area contributed by atoms with Crippen molar-refractivity contribution in [1.29, 1.82) is 0 Å². The maximum absolute atomic E-state index is 12.7. The highest BCUT2D eigenvalue weighted by molar-refractivity contribution is 6.35. The highest BCUT2D eigenvalue weighted by Gasteiger charge is 2.28. The second-order valence-electron chi connectivity index (χ2n) is 6.75. The van der Waals surface area contributed by atoms with E-state index in [1.54, 1.807) is 11.9 Å². The van der Waals surface area contributed by atoms with E-state index < -0.39 is 0 Å². The van der Waals surface area contributed by atoms with Gasteiger partial charge in [-0.1, -0.05) is 41.9 Å². The van der Waals surface area contributed by atoms with E-state index in [1.807, 2.05) is 43.3 Å². The molecular weight excluding hydrogens is 350 g/mol. The predicted molar refractivity (Wildman–Crippen MR) is 104 cm³/mol. The molecule has 1 aliphatic rings. The van der Waals surface area contributed by atoms with Crippen LogP contribution in [0.25, 0.3) is 10.8 Å². The van der Waals surface area contributed by atoms with Gasteiger partial charge in [-0.25, -0.2) is 4.79 Å². The normalized spacial score (nSPS) is 18.4. The van der Waals surface area contributed by atoms with Gasteiger partial charge >= 0.3 is 6.03 Å². The number of benzene rings is 2. The summed E-state index contributed by atoms with van der Waals surface area (Å²) >= 11 is 6.29. The van der Waals surface area contributed by atoms with E-state index in [1.165, 1.54) is 0 Å². The molecule has 0 bridgehead atoms. The summed E-state index contributed by atoms with van der Waals surface area (Å²) < 4.78 is 0. The van der Waals surface area contributed by atoms with Gasteiger partial charge in [0.05, 0.1) is 12.0 Å². The molecule has 2 aromatic rings. The molecule has 0 aliphatic carbocycles. The number of nitrogens with one attached hydrogen (secondary N) is 2. The zero-order valence-electron chi connectivity index (χ0n) is 15.1. The molecule has 2 N–H and O–H groups in total. The van der Waals surface area contributed by atoms with Gasteiger partial charge in [0.15, 0.2) is 0 Å². The minimum atomic E-state index is -0.162. The molecule has 3 rings (SSSR count). The summed E-state index contributed by atoms with van der Waals surface area (Å²) in [4.78, 5) is 26.3. The lowest BCUT2D eigenvalue weighted by molar-refractivity contribution is -0.125. The average molecular weight is 374 g/mol. The molecular formula is C20H24ClN3O2. The molecule has 3 amide bonds. The van der Waals surface area contributed by atoms with E-state index >= 15 is 0 Å². The van der Waals surface area contributed by atoms with Gasteiger partial charge in [0.1, 0.15) is 0 Å². The van der Waals surface area contributed by atoms with Gasteiger partial charge < -0.3 is 15.5 Å². The van der Waals surface area contributed by atoms with Gasteiger partial charge in [-0.05, 0) is 36.8 Å². The van der Waals surface area contributed by atoms with Crippen molar-refractivity contribution < 1.29 is 9.59 Å². The highest BCUT2D eigenvalue weighted by Crippen LogP contribution is 2.30. The molecule has 2 atom stereocenters. The van der Waals surface area contributed by atoms with Crippen LogP contribution in [0.2, 0.25) is 5.02 Å². The summed E-state index contributed by atoms with van der Waals surface area (Å²) in [6.45, 7) is 3.10. The van der Waals surface area contributed by atoms with Crippen molar-refractivity contribution in [3.8, 4) is 0 Å². The van der Waals surface area contributed by atoms with E-state index in [0.717, 1.165) is 29.2 Å². The number of carbonyl (C=O) groups excluding carboxylic acids is 2. The highest BCUT2D eigenvalue weighted by atomic mass is 35.5. The first-order valence-corrected chi connectivity index (χ1v) is 9.33. The summed E-state index contributed by atoms with van der Waals surface area (Å²) in [5.41, 5.74) is 1.03. The van der Waals surface area contributed by atoms with Crippen molar-refractivity contribution in [2.45, 2.75) is 25.8 Å². The Morgan fingerprint density at radius 1 is 1.19 bits per heavy atom. The number of hydrogen-bond acceptors (Lipinski definition) is 2. The molecule has 138 valence electrons. The Morgan fingerprint density at radius 2 is 1.92 bits per heavy atom. The van der Waals surface area contributed by atoms with Crippen molar-refractivity contribution in [3.63, 3.8) is 0 Å². The molecule has 2 aromatic carbocycles. The van der Waals surface area contributed by atoms with E-state index in [0.29, 0.717) is 18.1 Å². The summed E-state index contributed by atoms with van der Waals surface area (Å²) in [5.74, 6) is -0.134. The van der Waals surface area contributed by atoms with Crippen molar-refractivity contribution in [1.82, 2.24) is 15.5 Å². The number of fused-ring (bicyclic) bond motifs is 1. The molecule has 1 heterocycles. The Hall–Kier alpha value is -2.27. The fraction of sp³-hybridized carbons (Fsp3) is 0.400. The number of likely N-dealkylation sites (tertiary alicyclic amines) is 1. The minimum absolute atomic E-state index is 0.000700. The van der Waals surface area contributed by atoms with Crippen molar-refractivity contribution in [2.75, 3.05) is 20.1 Å². The van der Waals surface area contributed by atoms with Gasteiger partial charge in [0.25, 0.3) is 0 Å². The number of nitrogens with zero attached hydrogens (tertiary/aromatic N) is 1. The van der Waals surface area contributed by atoms with Crippen LogP contribution in [0.3, 0.4) is 0 Å². The first kappa shape index (κ1) is 18.5. The third-order valence-corrected chi connectivity index (χ3v) is 5.37. The molecule has 1 aliphatic heterocycles. The fourth-order valence-corrected chi connectivity index (χ4v) is 3.82. The number of hydrogen-bond donors (Lipinski definition) is 2. The molecule has 26 heavy (non-hydrogen) atoms. The first-order chi connectivity index (χ1) is 12.5. The largest absolute Gasteiger partial charge is 0.359 e. The van der Waals surface area contributed by atoms with Crippen LogP contribution in [0.5, 0.6) is 0 Å². The zero-order chi connectivity index (χ0) is 18.7. The summed E-state index contributed by atoms with van der Waals surface area (Å²) in [5, 5.41) is 8.46. The van der Waals surface area contributed by atoms with Crippen molar-refractivity contribution in [2.24, 2.45) is 5.92 Å². The van der Waals surface area contributed by atoms with Gasteiger partial charge in [0, 0.05) is 30.5 Å². The summed E-state index contributed by atoms with van der Waals surface area (Å²) in [6.07, 6.45) is 1.66. The van der Waals surface area contributed by atoms with Crippen LogP contribution in [-0.4, -0.2) is 37.0 Å². The number of urea groups is 1. The van der Waals surface area contributed by atoms with Crippen LogP contribution in [0.15, 0.2) is 36.4 Å². The van der Waals surface area contributed by atoms with E-state index in [-0.39, 0.29) is 23.9 Å². The number of piperidine rings is 1. The average Bonchev–Trinajstić information content (AvgIpc) is 2.67. The maximum Gasteiger partial charge on any atom is 0.317 e. The molecule has 5 nitrogen and oxygen atoms in total. The Kier molecular flexibility index (Phi) is 5.67.